The summed E-state index contributed by atoms with van der Waals surface area (Å²) in [5.74, 6) is -3.78. The number of benzene rings is 2. The molecule has 15 heteroatoms. The van der Waals surface area contributed by atoms with E-state index < -0.39 is 86.7 Å². The maximum Gasteiger partial charge on any atom is 0.430 e. The Morgan fingerprint density at radius 2 is 1.38 bits per heavy atom. The van der Waals surface area contributed by atoms with Crippen LogP contribution in [-0.2, 0) is 34.5 Å². The number of sulfone groups is 1. The number of halogens is 7. The highest BCUT2D eigenvalue weighted by Gasteiger charge is 2.73. The summed E-state index contributed by atoms with van der Waals surface area (Å²) in [6, 6.07) is 6.77. The van der Waals surface area contributed by atoms with Crippen molar-refractivity contribution in [2.75, 3.05) is 19.7 Å². The van der Waals surface area contributed by atoms with Crippen LogP contribution in [-0.4, -0.2) is 62.3 Å². The molecule has 1 amide bonds. The van der Waals surface area contributed by atoms with E-state index in [4.69, 9.17) is 4.74 Å². The lowest BCUT2D eigenvalue weighted by atomic mass is 9.81. The van der Waals surface area contributed by atoms with Crippen molar-refractivity contribution in [2.45, 2.75) is 85.4 Å². The third-order valence-corrected chi connectivity index (χ3v) is 12.7. The second-order valence-corrected chi connectivity index (χ2v) is 15.3. The van der Waals surface area contributed by atoms with Crippen LogP contribution in [0, 0.1) is 23.6 Å². The Morgan fingerprint density at radius 1 is 0.833 bits per heavy atom. The number of hydrogen-bond acceptors (Lipinski definition) is 5. The van der Waals surface area contributed by atoms with Gasteiger partial charge in [0.1, 0.15) is 10.6 Å². The maximum atomic E-state index is 14.5. The van der Waals surface area contributed by atoms with Crippen LogP contribution in [0.3, 0.4) is 0 Å². The Labute approximate surface area is 273 Å². The molecular formula is C33H36F7NO6S. The maximum absolute atomic E-state index is 14.5. The van der Waals surface area contributed by atoms with Gasteiger partial charge in [-0.3, -0.25) is 9.59 Å². The van der Waals surface area contributed by atoms with E-state index in [2.05, 4.69) is 0 Å². The molecule has 48 heavy (non-hydrogen) atoms. The third kappa shape index (κ3) is 6.44. The SMILES string of the molecule is O=C(O)[C@H]1CC[C@H](C(=O)N2CC[C@](c3ccc(C(OCC4CCCC4)(C(F)(F)F)C(F)(F)F)cc3)(S(=O)(=O)c3ccc(F)cc3)C2)CC1. The Hall–Kier alpha value is -3.20. The van der Waals surface area contributed by atoms with E-state index in [1.54, 1.807) is 0 Å². The highest BCUT2D eigenvalue weighted by molar-refractivity contribution is 7.92. The lowest BCUT2D eigenvalue weighted by Gasteiger charge is -2.38. The van der Waals surface area contributed by atoms with E-state index >= 15 is 0 Å². The number of aliphatic carboxylic acids is 1. The summed E-state index contributed by atoms with van der Waals surface area (Å²) in [5.41, 5.74) is -6.08. The van der Waals surface area contributed by atoms with E-state index in [1.165, 1.54) is 4.90 Å². The highest BCUT2D eigenvalue weighted by Crippen LogP contribution is 2.54. The van der Waals surface area contributed by atoms with Crippen LogP contribution in [0.1, 0.15) is 68.9 Å². The van der Waals surface area contributed by atoms with Crippen molar-refractivity contribution < 1.29 is 58.6 Å². The number of carbonyl (C=O) groups excluding carboxylic acids is 1. The fourth-order valence-corrected chi connectivity index (χ4v) is 9.51. The Bertz CT molecular complexity index is 1570. The average Bonchev–Trinajstić information content (AvgIpc) is 3.72. The molecule has 1 heterocycles. The van der Waals surface area contributed by atoms with Crippen LogP contribution >= 0.6 is 0 Å². The number of alkyl halides is 6. The van der Waals surface area contributed by atoms with E-state index in [9.17, 15) is 53.8 Å². The lowest BCUT2D eigenvalue weighted by Crippen LogP contribution is -2.56. The summed E-state index contributed by atoms with van der Waals surface area (Å²) in [6.45, 7) is -1.33. The molecule has 5 rings (SSSR count). The Balaban J connectivity index is 1.53. The zero-order valence-corrected chi connectivity index (χ0v) is 26.6. The summed E-state index contributed by atoms with van der Waals surface area (Å²) in [5, 5.41) is 9.30. The average molecular weight is 708 g/mol. The molecule has 2 aromatic rings. The molecule has 2 aromatic carbocycles. The lowest BCUT2D eigenvalue weighted by molar-refractivity contribution is -0.391. The molecular weight excluding hydrogens is 671 g/mol. The fourth-order valence-electron chi connectivity index (χ4n) is 7.43. The number of ether oxygens (including phenoxy) is 1. The van der Waals surface area contributed by atoms with Crippen molar-refractivity contribution in [2.24, 2.45) is 17.8 Å². The van der Waals surface area contributed by atoms with Gasteiger partial charge in [-0.15, -0.1) is 0 Å². The van der Waals surface area contributed by atoms with E-state index in [0.29, 0.717) is 37.8 Å². The van der Waals surface area contributed by atoms with Crippen LogP contribution < -0.4 is 0 Å². The zero-order valence-electron chi connectivity index (χ0n) is 25.8. The van der Waals surface area contributed by atoms with Gasteiger partial charge in [-0.1, -0.05) is 37.1 Å². The van der Waals surface area contributed by atoms with E-state index in [-0.39, 0.29) is 49.1 Å². The quantitative estimate of drug-likeness (QED) is 0.220. The number of likely N-dealkylation sites (tertiary alicyclic amines) is 1. The fraction of sp³-hybridized carbons (Fsp3) is 0.576. The monoisotopic (exact) mass is 707 g/mol. The number of hydrogen-bond donors (Lipinski definition) is 1. The molecule has 0 bridgehead atoms. The molecule has 2 saturated carbocycles. The molecule has 3 fully saturated rings. The van der Waals surface area contributed by atoms with Gasteiger partial charge >= 0.3 is 18.3 Å². The van der Waals surface area contributed by atoms with Crippen LogP contribution in [0.25, 0.3) is 0 Å². The minimum absolute atomic E-state index is 0.0978. The van der Waals surface area contributed by atoms with Crippen molar-refractivity contribution in [3.05, 3.63) is 65.5 Å². The van der Waals surface area contributed by atoms with Crippen molar-refractivity contribution >= 4 is 21.7 Å². The molecule has 0 aromatic heterocycles. The summed E-state index contributed by atoms with van der Waals surface area (Å²) < 4.78 is 132. The smallest absolute Gasteiger partial charge is 0.430 e. The number of amides is 1. The van der Waals surface area contributed by atoms with Gasteiger partial charge in [0.25, 0.3) is 5.60 Å². The van der Waals surface area contributed by atoms with Gasteiger partial charge in [0, 0.05) is 24.6 Å². The molecule has 264 valence electrons. The first-order chi connectivity index (χ1) is 22.4. The first-order valence-electron chi connectivity index (χ1n) is 15.8. The van der Waals surface area contributed by atoms with Crippen molar-refractivity contribution in [1.29, 1.82) is 0 Å². The number of nitrogens with zero attached hydrogens (tertiary/aromatic N) is 1. The van der Waals surface area contributed by atoms with Crippen LogP contribution in [0.2, 0.25) is 0 Å². The molecule has 7 nitrogen and oxygen atoms in total. The molecule has 1 aliphatic heterocycles. The molecule has 0 spiro atoms. The summed E-state index contributed by atoms with van der Waals surface area (Å²) >= 11 is 0. The molecule has 2 aliphatic carbocycles. The van der Waals surface area contributed by atoms with E-state index in [0.717, 1.165) is 36.4 Å². The van der Waals surface area contributed by atoms with Gasteiger partial charge in [-0.05, 0) is 80.7 Å². The zero-order chi connectivity index (χ0) is 35.1. The van der Waals surface area contributed by atoms with Crippen LogP contribution in [0.15, 0.2) is 53.4 Å². The minimum Gasteiger partial charge on any atom is -0.481 e. The van der Waals surface area contributed by atoms with E-state index in [1.807, 2.05) is 0 Å². The van der Waals surface area contributed by atoms with Crippen LogP contribution in [0.5, 0.6) is 0 Å². The molecule has 3 aliphatic rings. The van der Waals surface area contributed by atoms with Crippen molar-refractivity contribution in [1.82, 2.24) is 4.90 Å². The molecule has 0 unspecified atom stereocenters. The summed E-state index contributed by atoms with van der Waals surface area (Å²) in [7, 11) is -4.53. The topological polar surface area (TPSA) is 101 Å². The largest absolute Gasteiger partial charge is 0.481 e. The van der Waals surface area contributed by atoms with Gasteiger partial charge < -0.3 is 14.7 Å². The molecule has 1 N–H and O–H groups in total. The number of carbonyl (C=O) groups is 2. The van der Waals surface area contributed by atoms with Gasteiger partial charge in [0.05, 0.1) is 17.4 Å². The first kappa shape index (κ1) is 36.1. The first-order valence-corrected chi connectivity index (χ1v) is 17.3. The van der Waals surface area contributed by atoms with Gasteiger partial charge in [0.2, 0.25) is 5.91 Å². The normalized spacial score (nSPS) is 24.6. The second kappa shape index (κ2) is 13.3. The van der Waals surface area contributed by atoms with Gasteiger partial charge in [-0.2, -0.15) is 26.3 Å². The predicted molar refractivity (Wildman–Crippen MR) is 158 cm³/mol. The third-order valence-electron chi connectivity index (χ3n) is 10.2. The van der Waals surface area contributed by atoms with Crippen molar-refractivity contribution in [3.63, 3.8) is 0 Å². The van der Waals surface area contributed by atoms with Gasteiger partial charge in [-0.25, -0.2) is 12.8 Å². The molecule has 1 saturated heterocycles. The van der Waals surface area contributed by atoms with Gasteiger partial charge in [0.15, 0.2) is 9.84 Å². The summed E-state index contributed by atoms with van der Waals surface area (Å²) in [6.07, 6.45) is -8.85. The number of carboxylic acid groups (broad SMARTS) is 1. The minimum atomic E-state index is -5.92. The predicted octanol–water partition coefficient (Wildman–Crippen LogP) is 7.14. The van der Waals surface area contributed by atoms with Crippen LogP contribution in [0.4, 0.5) is 30.7 Å². The van der Waals surface area contributed by atoms with Crippen molar-refractivity contribution in [3.8, 4) is 0 Å². The standard InChI is InChI=1S/C33H36F7NO6S/c34-26-13-15-27(16-14-26)48(45,46)30(17-18-41(20-30)28(42)22-5-7-23(8-6-22)29(43)44)24-9-11-25(12-10-24)31(32(35,36)37,33(38,39)40)47-19-21-3-1-2-4-21/h9-16,21-23H,1-8,17-20H2,(H,43,44)/t22-,23-,30-/m0/s1. The highest BCUT2D eigenvalue weighted by atomic mass is 32.2. The Morgan fingerprint density at radius 3 is 1.90 bits per heavy atom. The number of carboxylic acids is 1. The Kier molecular flexibility index (Phi) is 9.97. The molecule has 0 radical (unpaired) electrons. The second-order valence-electron chi connectivity index (χ2n) is 13.1. The summed E-state index contributed by atoms with van der Waals surface area (Å²) in [4.78, 5) is 25.9. The molecule has 1 atom stereocenters. The number of rotatable bonds is 9.